The molecule has 1 aromatic carbocycles. The maximum Gasteiger partial charge on any atom is 0.324 e. The molecule has 132 valence electrons. The molecule has 8 nitrogen and oxygen atoms in total. The summed E-state index contributed by atoms with van der Waals surface area (Å²) in [5, 5.41) is 10.7. The van der Waals surface area contributed by atoms with Crippen LogP contribution in [0.4, 0.5) is 11.4 Å². The topological polar surface area (TPSA) is 103 Å². The van der Waals surface area contributed by atoms with E-state index in [-0.39, 0.29) is 25.4 Å². The molecule has 9 heteroatoms. The summed E-state index contributed by atoms with van der Waals surface area (Å²) >= 11 is 0. The first-order chi connectivity index (χ1) is 12.0. The van der Waals surface area contributed by atoms with Gasteiger partial charge in [0.25, 0.3) is 0 Å². The number of hydrogen-bond acceptors (Lipinski definition) is 5. The van der Waals surface area contributed by atoms with E-state index >= 15 is 0 Å². The van der Waals surface area contributed by atoms with E-state index in [1.54, 1.807) is 24.3 Å². The second kappa shape index (κ2) is 6.72. The summed E-state index contributed by atoms with van der Waals surface area (Å²) in [6, 6.07) is 6.95. The summed E-state index contributed by atoms with van der Waals surface area (Å²) < 4.78 is 28.0. The monoisotopic (exact) mass is 361 g/mol. The Bertz CT molecular complexity index is 838. The Kier molecular flexibility index (Phi) is 4.63. The van der Waals surface area contributed by atoms with Crippen LogP contribution in [0.3, 0.4) is 0 Å². The number of nitrogens with one attached hydrogen (secondary N) is 2. The quantitative estimate of drug-likeness (QED) is 0.688. The number of benzene rings is 1. The highest BCUT2D eigenvalue weighted by Crippen LogP contribution is 2.37. The fourth-order valence-corrected chi connectivity index (χ4v) is 4.02. The van der Waals surface area contributed by atoms with Gasteiger partial charge in [0.1, 0.15) is 0 Å². The van der Waals surface area contributed by atoms with Gasteiger partial charge in [-0.2, -0.15) is 18.6 Å². The van der Waals surface area contributed by atoms with Gasteiger partial charge in [-0.15, -0.1) is 12.3 Å². The lowest BCUT2D eigenvalue weighted by Gasteiger charge is -2.17. The molecule has 1 amide bonds. The summed E-state index contributed by atoms with van der Waals surface area (Å²) in [5.41, 5.74) is 0.645. The van der Waals surface area contributed by atoms with Crippen LogP contribution < -0.4 is 14.3 Å². The lowest BCUT2D eigenvalue weighted by Crippen LogP contribution is -2.38. The molecule has 0 aromatic heterocycles. The van der Waals surface area contributed by atoms with Crippen molar-refractivity contribution in [2.45, 2.75) is 31.3 Å². The molecule has 2 heterocycles. The summed E-state index contributed by atoms with van der Waals surface area (Å²) in [4.78, 5) is 12.0. The summed E-state index contributed by atoms with van der Waals surface area (Å²) in [7, 11) is -3.60. The molecule has 0 fully saturated rings. The molecule has 3 rings (SSSR count). The molecule has 0 spiro atoms. The molecule has 0 unspecified atom stereocenters. The number of para-hydroxylation sites is 2. The van der Waals surface area contributed by atoms with E-state index in [1.807, 2.05) is 0 Å². The summed E-state index contributed by atoms with van der Waals surface area (Å²) in [6.45, 7) is 0.384. The van der Waals surface area contributed by atoms with Crippen LogP contribution >= 0.6 is 0 Å². The molecular weight excluding hydrogens is 342 g/mol. The first-order valence-electron chi connectivity index (χ1n) is 7.99. The van der Waals surface area contributed by atoms with Gasteiger partial charge >= 0.3 is 10.2 Å². The number of fused-ring (bicyclic) bond motifs is 1. The van der Waals surface area contributed by atoms with Crippen molar-refractivity contribution in [2.24, 2.45) is 10.2 Å². The largest absolute Gasteiger partial charge is 0.354 e. The summed E-state index contributed by atoms with van der Waals surface area (Å²) in [6.07, 6.45) is 7.26. The standard InChI is InChI=1S/C16H19N5O3S/c1-2-3-9-16(19-20-16)10-8-15(22)17-11-12-21-14-7-5-4-6-13(14)18-25(21,23)24/h1,4-7,18H,3,8-12H2,(H,17,22). The third-order valence-corrected chi connectivity index (χ3v) is 5.58. The van der Waals surface area contributed by atoms with E-state index in [9.17, 15) is 13.2 Å². The molecule has 0 radical (unpaired) electrons. The van der Waals surface area contributed by atoms with E-state index in [2.05, 4.69) is 26.2 Å². The highest BCUT2D eigenvalue weighted by atomic mass is 32.2. The maximum atomic E-state index is 12.1. The zero-order valence-corrected chi connectivity index (χ0v) is 14.4. The van der Waals surface area contributed by atoms with Gasteiger partial charge in [-0.25, -0.2) is 4.31 Å². The smallest absolute Gasteiger partial charge is 0.324 e. The van der Waals surface area contributed by atoms with Crippen molar-refractivity contribution < 1.29 is 13.2 Å². The van der Waals surface area contributed by atoms with E-state index < -0.39 is 15.9 Å². The Morgan fingerprint density at radius 3 is 2.80 bits per heavy atom. The second-order valence-corrected chi connectivity index (χ2v) is 7.53. The van der Waals surface area contributed by atoms with Gasteiger partial charge in [-0.05, 0) is 12.1 Å². The van der Waals surface area contributed by atoms with E-state index in [0.717, 1.165) is 0 Å². The zero-order valence-electron chi connectivity index (χ0n) is 13.6. The minimum atomic E-state index is -3.60. The van der Waals surface area contributed by atoms with Crippen LogP contribution in [0, 0.1) is 12.3 Å². The van der Waals surface area contributed by atoms with E-state index in [1.165, 1.54) is 4.31 Å². The molecular formula is C16H19N5O3S. The van der Waals surface area contributed by atoms with Gasteiger partial charge in [0.05, 0.1) is 17.9 Å². The zero-order chi connectivity index (χ0) is 17.9. The van der Waals surface area contributed by atoms with Crippen LogP contribution in [0.2, 0.25) is 0 Å². The molecule has 1 aromatic rings. The first kappa shape index (κ1) is 17.2. The molecule has 0 bridgehead atoms. The van der Waals surface area contributed by atoms with Crippen LogP contribution in [0.5, 0.6) is 0 Å². The number of nitrogens with zero attached hydrogens (tertiary/aromatic N) is 3. The molecule has 0 atom stereocenters. The van der Waals surface area contributed by atoms with Gasteiger partial charge in [0, 0.05) is 32.2 Å². The van der Waals surface area contributed by atoms with Gasteiger partial charge in [-0.1, -0.05) is 12.1 Å². The number of carbonyl (C=O) groups excluding carboxylic acids is 1. The second-order valence-electron chi connectivity index (χ2n) is 5.93. The van der Waals surface area contributed by atoms with Crippen LogP contribution in [0.1, 0.15) is 25.7 Å². The Hall–Kier alpha value is -2.60. The molecule has 0 aliphatic carbocycles. The minimum Gasteiger partial charge on any atom is -0.354 e. The first-order valence-corrected chi connectivity index (χ1v) is 9.44. The molecule has 2 aliphatic rings. The van der Waals surface area contributed by atoms with Crippen LogP contribution in [0.15, 0.2) is 34.5 Å². The number of amides is 1. The van der Waals surface area contributed by atoms with Crippen LogP contribution in [-0.4, -0.2) is 33.1 Å². The highest BCUT2D eigenvalue weighted by molar-refractivity contribution is 7.94. The number of anilines is 2. The van der Waals surface area contributed by atoms with Crippen molar-refractivity contribution >= 4 is 27.5 Å². The minimum absolute atomic E-state index is 0.157. The van der Waals surface area contributed by atoms with E-state index in [4.69, 9.17) is 6.42 Å². The molecule has 0 saturated carbocycles. The van der Waals surface area contributed by atoms with Crippen molar-refractivity contribution in [2.75, 3.05) is 22.1 Å². The molecule has 2 aliphatic heterocycles. The van der Waals surface area contributed by atoms with E-state index in [0.29, 0.717) is 30.6 Å². The Morgan fingerprint density at radius 1 is 1.32 bits per heavy atom. The van der Waals surface area contributed by atoms with Gasteiger partial charge in [0.2, 0.25) is 5.91 Å². The van der Waals surface area contributed by atoms with Gasteiger partial charge in [0.15, 0.2) is 5.66 Å². The highest BCUT2D eigenvalue weighted by Gasteiger charge is 2.39. The van der Waals surface area contributed by atoms with Gasteiger partial charge in [-0.3, -0.25) is 9.52 Å². The molecule has 0 saturated heterocycles. The van der Waals surface area contributed by atoms with Crippen LogP contribution in [-0.2, 0) is 15.0 Å². The Labute approximate surface area is 146 Å². The predicted molar refractivity (Wildman–Crippen MR) is 94.2 cm³/mol. The lowest BCUT2D eigenvalue weighted by atomic mass is 10.0. The van der Waals surface area contributed by atoms with Crippen molar-refractivity contribution in [3.8, 4) is 12.3 Å². The number of terminal acetylenes is 1. The van der Waals surface area contributed by atoms with Gasteiger partial charge < -0.3 is 5.32 Å². The molecule has 2 N–H and O–H groups in total. The fraction of sp³-hybridized carbons (Fsp3) is 0.438. The van der Waals surface area contributed by atoms with Crippen LogP contribution in [0.25, 0.3) is 0 Å². The number of hydrogen-bond donors (Lipinski definition) is 2. The summed E-state index contributed by atoms with van der Waals surface area (Å²) in [5.74, 6) is 2.39. The average molecular weight is 361 g/mol. The maximum absolute atomic E-state index is 12.1. The SMILES string of the molecule is C#CCCC1(CCC(=O)NCCN2c3ccccc3NS2(=O)=O)N=N1. The fourth-order valence-electron chi connectivity index (χ4n) is 2.71. The normalized spacial score (nSPS) is 18.1. The Morgan fingerprint density at radius 2 is 2.08 bits per heavy atom. The third-order valence-electron chi connectivity index (χ3n) is 4.14. The lowest BCUT2D eigenvalue weighted by molar-refractivity contribution is -0.121. The van der Waals surface area contributed by atoms with Crippen molar-refractivity contribution in [1.29, 1.82) is 0 Å². The molecule has 25 heavy (non-hydrogen) atoms. The average Bonchev–Trinajstić information content (AvgIpc) is 3.30. The number of carbonyl (C=O) groups is 1. The third kappa shape index (κ3) is 3.91. The van der Waals surface area contributed by atoms with Crippen molar-refractivity contribution in [1.82, 2.24) is 5.32 Å². The predicted octanol–water partition coefficient (Wildman–Crippen LogP) is 1.64. The Balaban J connectivity index is 1.45. The van der Waals surface area contributed by atoms with Crippen molar-refractivity contribution in [3.05, 3.63) is 24.3 Å². The number of rotatable bonds is 8. The van der Waals surface area contributed by atoms with Crippen molar-refractivity contribution in [3.63, 3.8) is 0 Å².